The van der Waals surface area contributed by atoms with Crippen LogP contribution in [-0.2, 0) is 13.6 Å². The van der Waals surface area contributed by atoms with Gasteiger partial charge in [0.05, 0.1) is 35.6 Å². The van der Waals surface area contributed by atoms with Gasteiger partial charge in [0.25, 0.3) is 0 Å². The predicted octanol–water partition coefficient (Wildman–Crippen LogP) is 3.58. The maximum atomic E-state index is 14.0. The van der Waals surface area contributed by atoms with Crippen LogP contribution in [0.4, 0.5) is 16.0 Å². The number of ketones is 1. The molecular weight excluding hydrogens is 385 g/mol. The molecule has 0 amide bonds. The lowest BCUT2D eigenvalue weighted by Gasteiger charge is -2.06. The van der Waals surface area contributed by atoms with E-state index >= 15 is 0 Å². The van der Waals surface area contributed by atoms with Crippen molar-refractivity contribution in [2.45, 2.75) is 19.4 Å². The molecule has 8 nitrogen and oxygen atoms in total. The van der Waals surface area contributed by atoms with Crippen LogP contribution in [0.15, 0.2) is 48.9 Å². The molecule has 0 spiro atoms. The van der Waals surface area contributed by atoms with Gasteiger partial charge in [-0.15, -0.1) is 0 Å². The summed E-state index contributed by atoms with van der Waals surface area (Å²) in [5.74, 6) is -0.0720. The number of nitrogens with zero attached hydrogens (tertiary/aromatic N) is 6. The van der Waals surface area contributed by atoms with Crippen molar-refractivity contribution >= 4 is 28.5 Å². The van der Waals surface area contributed by atoms with Gasteiger partial charge in [0.1, 0.15) is 5.82 Å². The number of halogens is 1. The Bertz CT molecular complexity index is 1270. The van der Waals surface area contributed by atoms with Crippen LogP contribution < -0.4 is 5.32 Å². The Labute approximate surface area is 171 Å². The molecule has 0 saturated heterocycles. The summed E-state index contributed by atoms with van der Waals surface area (Å²) >= 11 is 0. The molecule has 30 heavy (non-hydrogen) atoms. The molecule has 4 rings (SSSR count). The molecule has 0 unspecified atom stereocenters. The Morgan fingerprint density at radius 2 is 2.13 bits per heavy atom. The van der Waals surface area contributed by atoms with Crippen LogP contribution in [-0.4, -0.2) is 30.1 Å². The Kier molecular flexibility index (Phi) is 5.22. The molecule has 1 aromatic carbocycles. The van der Waals surface area contributed by atoms with Crippen LogP contribution in [0, 0.1) is 17.1 Å². The van der Waals surface area contributed by atoms with Gasteiger partial charge in [-0.25, -0.2) is 14.1 Å². The summed E-state index contributed by atoms with van der Waals surface area (Å²) in [5.41, 5.74) is 2.23. The van der Waals surface area contributed by atoms with Gasteiger partial charge in [-0.2, -0.15) is 15.3 Å². The molecule has 150 valence electrons. The highest BCUT2D eigenvalue weighted by Gasteiger charge is 2.14. The zero-order chi connectivity index (χ0) is 21.1. The number of carbonyl (C=O) groups excluding carboxylic acids is 1. The molecule has 0 atom stereocenters. The second-order valence-electron chi connectivity index (χ2n) is 6.80. The minimum absolute atomic E-state index is 0.105. The summed E-state index contributed by atoms with van der Waals surface area (Å²) in [4.78, 5) is 21.0. The fraction of sp³-hybridized carbons (Fsp3) is 0.190. The normalized spacial score (nSPS) is 10.8. The zero-order valence-corrected chi connectivity index (χ0v) is 16.2. The van der Waals surface area contributed by atoms with Crippen LogP contribution in [0.25, 0.3) is 11.0 Å². The highest BCUT2D eigenvalue weighted by atomic mass is 19.1. The second kappa shape index (κ2) is 8.13. The number of Topliss-reactive ketones (excluding diaryl/α,β-unsaturated/α-hetero) is 1. The van der Waals surface area contributed by atoms with Crippen molar-refractivity contribution in [3.63, 3.8) is 0 Å². The summed E-state index contributed by atoms with van der Waals surface area (Å²) in [6, 6.07) is 10.2. The van der Waals surface area contributed by atoms with Gasteiger partial charge in [-0.3, -0.25) is 4.79 Å². The van der Waals surface area contributed by atoms with E-state index in [9.17, 15) is 9.18 Å². The summed E-state index contributed by atoms with van der Waals surface area (Å²) in [7, 11) is 1.76. The summed E-state index contributed by atoms with van der Waals surface area (Å²) in [6.45, 7) is 0.246. The molecule has 9 heteroatoms. The number of nitriles is 1. The van der Waals surface area contributed by atoms with E-state index in [1.807, 2.05) is 6.07 Å². The molecule has 0 aliphatic heterocycles. The Morgan fingerprint density at radius 3 is 2.93 bits per heavy atom. The number of nitrogens with one attached hydrogen (secondary N) is 1. The van der Waals surface area contributed by atoms with Gasteiger partial charge in [0.15, 0.2) is 11.4 Å². The molecule has 3 heterocycles. The molecular formula is C21H18FN7O. The summed E-state index contributed by atoms with van der Waals surface area (Å²) in [5, 5.41) is 16.8. The third-order valence-electron chi connectivity index (χ3n) is 4.67. The van der Waals surface area contributed by atoms with Crippen LogP contribution in [0.1, 0.15) is 28.9 Å². The fourth-order valence-corrected chi connectivity index (χ4v) is 3.17. The van der Waals surface area contributed by atoms with Gasteiger partial charge < -0.3 is 9.88 Å². The van der Waals surface area contributed by atoms with E-state index in [0.29, 0.717) is 28.5 Å². The molecule has 0 fully saturated rings. The Morgan fingerprint density at radius 1 is 1.30 bits per heavy atom. The van der Waals surface area contributed by atoms with Crippen LogP contribution in [0.3, 0.4) is 0 Å². The van der Waals surface area contributed by atoms with Crippen LogP contribution in [0.2, 0.25) is 0 Å². The van der Waals surface area contributed by atoms with E-state index in [1.54, 1.807) is 59.2 Å². The van der Waals surface area contributed by atoms with Crippen molar-refractivity contribution in [3.8, 4) is 6.07 Å². The minimum Gasteiger partial charge on any atom is -0.346 e. The van der Waals surface area contributed by atoms with E-state index in [1.165, 1.54) is 6.07 Å². The van der Waals surface area contributed by atoms with Gasteiger partial charge in [-0.05, 0) is 12.1 Å². The first-order chi connectivity index (χ1) is 14.5. The average molecular weight is 403 g/mol. The maximum Gasteiger partial charge on any atom is 0.229 e. The molecule has 0 bridgehead atoms. The lowest BCUT2D eigenvalue weighted by atomic mass is 10.2. The van der Waals surface area contributed by atoms with E-state index < -0.39 is 0 Å². The predicted molar refractivity (Wildman–Crippen MR) is 109 cm³/mol. The summed E-state index contributed by atoms with van der Waals surface area (Å²) < 4.78 is 17.3. The van der Waals surface area contributed by atoms with Gasteiger partial charge in [0, 0.05) is 37.8 Å². The second-order valence-corrected chi connectivity index (χ2v) is 6.80. The van der Waals surface area contributed by atoms with E-state index in [2.05, 4.69) is 20.4 Å². The standard InChI is InChI=1S/C21H18FN7O/c1-28-13-16(9-18(28)19(30)7-4-8-23)26-21-24-10-15-11-25-29(20(15)27-21)12-14-5-2-3-6-17(14)22/h2-3,5-6,9-11,13H,4,7,12H2,1H3,(H,24,26,27). The first-order valence-electron chi connectivity index (χ1n) is 9.30. The molecule has 0 radical (unpaired) electrons. The van der Waals surface area contributed by atoms with Crippen LogP contribution in [0.5, 0.6) is 0 Å². The van der Waals surface area contributed by atoms with Crippen molar-refractivity contribution in [2.75, 3.05) is 5.32 Å². The largest absolute Gasteiger partial charge is 0.346 e. The highest BCUT2D eigenvalue weighted by Crippen LogP contribution is 2.20. The van der Waals surface area contributed by atoms with Gasteiger partial charge >= 0.3 is 0 Å². The molecule has 4 aromatic rings. The number of hydrogen-bond acceptors (Lipinski definition) is 6. The average Bonchev–Trinajstić information content (AvgIpc) is 3.31. The first-order valence-corrected chi connectivity index (χ1v) is 9.30. The lowest BCUT2D eigenvalue weighted by Crippen LogP contribution is -2.05. The Hall–Kier alpha value is -4.06. The van der Waals surface area contributed by atoms with Crippen molar-refractivity contribution in [1.82, 2.24) is 24.3 Å². The number of aromatic nitrogens is 5. The van der Waals surface area contributed by atoms with Crippen molar-refractivity contribution < 1.29 is 9.18 Å². The monoisotopic (exact) mass is 403 g/mol. The number of fused-ring (bicyclic) bond motifs is 1. The smallest absolute Gasteiger partial charge is 0.229 e. The van der Waals surface area contributed by atoms with E-state index in [4.69, 9.17) is 5.26 Å². The van der Waals surface area contributed by atoms with E-state index in [-0.39, 0.29) is 31.0 Å². The molecule has 0 saturated carbocycles. The zero-order valence-electron chi connectivity index (χ0n) is 16.2. The number of carbonyl (C=O) groups is 1. The first kappa shape index (κ1) is 19.3. The topological polar surface area (TPSA) is 101 Å². The fourth-order valence-electron chi connectivity index (χ4n) is 3.17. The van der Waals surface area contributed by atoms with Gasteiger partial charge in [0.2, 0.25) is 5.95 Å². The summed E-state index contributed by atoms with van der Waals surface area (Å²) in [6.07, 6.45) is 5.37. The van der Waals surface area contributed by atoms with E-state index in [0.717, 1.165) is 5.39 Å². The third kappa shape index (κ3) is 3.89. The van der Waals surface area contributed by atoms with Crippen molar-refractivity contribution in [1.29, 1.82) is 5.26 Å². The number of benzene rings is 1. The number of rotatable bonds is 7. The van der Waals surface area contributed by atoms with Crippen molar-refractivity contribution in [2.24, 2.45) is 7.05 Å². The minimum atomic E-state index is -0.300. The van der Waals surface area contributed by atoms with Crippen LogP contribution >= 0.6 is 0 Å². The molecule has 3 aromatic heterocycles. The van der Waals surface area contributed by atoms with Crippen molar-refractivity contribution in [3.05, 3.63) is 66.0 Å². The molecule has 0 aliphatic rings. The Balaban J connectivity index is 1.58. The SMILES string of the molecule is Cn1cc(Nc2ncc3cnn(Cc4ccccc4F)c3n2)cc1C(=O)CCC#N. The number of anilines is 2. The molecule has 0 aliphatic carbocycles. The number of aryl methyl sites for hydroxylation is 1. The maximum absolute atomic E-state index is 14.0. The highest BCUT2D eigenvalue weighted by molar-refractivity contribution is 5.96. The lowest BCUT2D eigenvalue weighted by molar-refractivity contribution is 0.0976. The third-order valence-corrected chi connectivity index (χ3v) is 4.67. The molecule has 1 N–H and O–H groups in total. The number of hydrogen-bond donors (Lipinski definition) is 1. The quantitative estimate of drug-likeness (QED) is 0.473. The van der Waals surface area contributed by atoms with Gasteiger partial charge in [-0.1, -0.05) is 18.2 Å².